The molecule has 0 aromatic carbocycles. The summed E-state index contributed by atoms with van der Waals surface area (Å²) in [4.78, 5) is 15.1. The van der Waals surface area contributed by atoms with Crippen LogP contribution in [0, 0.1) is 0 Å². The topological polar surface area (TPSA) is 61.0 Å². The van der Waals surface area contributed by atoms with E-state index in [0.29, 0.717) is 12.3 Å². The van der Waals surface area contributed by atoms with Gasteiger partial charge in [-0.15, -0.1) is 11.3 Å². The molecule has 1 aliphatic heterocycles. The van der Waals surface area contributed by atoms with Crippen LogP contribution in [0.2, 0.25) is 0 Å². The van der Waals surface area contributed by atoms with Crippen molar-refractivity contribution < 1.29 is 4.79 Å². The molecule has 0 atom stereocenters. The summed E-state index contributed by atoms with van der Waals surface area (Å²) < 4.78 is 0. The first-order chi connectivity index (χ1) is 10.8. The molecule has 1 aliphatic rings. The van der Waals surface area contributed by atoms with E-state index in [1.54, 1.807) is 11.3 Å². The highest BCUT2D eigenvalue weighted by Crippen LogP contribution is 2.25. The highest BCUT2D eigenvalue weighted by atomic mass is 32.1. The Labute approximate surface area is 134 Å². The van der Waals surface area contributed by atoms with Crippen LogP contribution in [0.3, 0.4) is 0 Å². The maximum Gasteiger partial charge on any atom is 0.222 e. The lowest BCUT2D eigenvalue weighted by Gasteiger charge is -2.20. The first-order valence-electron chi connectivity index (χ1n) is 7.89. The summed E-state index contributed by atoms with van der Waals surface area (Å²) >= 11 is 1.71. The third-order valence-electron chi connectivity index (χ3n) is 4.03. The summed E-state index contributed by atoms with van der Waals surface area (Å²) in [5, 5.41) is 12.7. The van der Waals surface area contributed by atoms with Crippen molar-refractivity contribution in [2.45, 2.75) is 32.2 Å². The van der Waals surface area contributed by atoms with Gasteiger partial charge in [-0.05, 0) is 24.3 Å². The number of rotatable bonds is 6. The van der Waals surface area contributed by atoms with Crippen LogP contribution in [0.25, 0.3) is 10.6 Å². The lowest BCUT2D eigenvalue weighted by Crippen LogP contribution is -2.36. The van der Waals surface area contributed by atoms with Crippen molar-refractivity contribution in [2.75, 3.05) is 19.6 Å². The third kappa shape index (κ3) is 3.75. The average Bonchev–Trinajstić information content (AvgIpc) is 3.15. The minimum Gasteiger partial charge on any atom is -0.341 e. The Balaban J connectivity index is 1.48. The molecule has 5 nitrogen and oxygen atoms in total. The molecular formula is C16H22N4OS. The van der Waals surface area contributed by atoms with Gasteiger partial charge in [-0.25, -0.2) is 0 Å². The molecular weight excluding hydrogens is 296 g/mol. The van der Waals surface area contributed by atoms with Crippen molar-refractivity contribution in [1.29, 1.82) is 0 Å². The van der Waals surface area contributed by atoms with Gasteiger partial charge in [-0.1, -0.05) is 12.5 Å². The van der Waals surface area contributed by atoms with Gasteiger partial charge in [0.25, 0.3) is 0 Å². The molecule has 2 aromatic heterocycles. The molecule has 0 spiro atoms. The molecule has 22 heavy (non-hydrogen) atoms. The number of aromatic nitrogens is 2. The number of hydrogen-bond donors (Lipinski definition) is 2. The van der Waals surface area contributed by atoms with E-state index in [1.165, 1.54) is 16.9 Å². The molecule has 3 heterocycles. The number of thiophene rings is 1. The van der Waals surface area contributed by atoms with E-state index in [1.807, 2.05) is 17.2 Å². The van der Waals surface area contributed by atoms with Crippen LogP contribution in [-0.4, -0.2) is 40.6 Å². The molecule has 1 saturated heterocycles. The Morgan fingerprint density at radius 3 is 3.18 bits per heavy atom. The zero-order valence-electron chi connectivity index (χ0n) is 12.7. The SMILES string of the molecule is O=C1CCCCCN1CCNCc1cn[nH]c1-c1cccs1. The first kappa shape index (κ1) is 15.2. The summed E-state index contributed by atoms with van der Waals surface area (Å²) in [5.74, 6) is 0.307. The Morgan fingerprint density at radius 2 is 2.32 bits per heavy atom. The van der Waals surface area contributed by atoms with Crippen molar-refractivity contribution in [3.05, 3.63) is 29.3 Å². The third-order valence-corrected chi connectivity index (χ3v) is 4.92. The molecule has 0 unspecified atom stereocenters. The van der Waals surface area contributed by atoms with Crippen LogP contribution in [0.15, 0.2) is 23.7 Å². The predicted molar refractivity (Wildman–Crippen MR) is 88.7 cm³/mol. The molecule has 0 saturated carbocycles. The van der Waals surface area contributed by atoms with E-state index in [2.05, 4.69) is 27.0 Å². The first-order valence-corrected chi connectivity index (χ1v) is 8.77. The van der Waals surface area contributed by atoms with Crippen molar-refractivity contribution in [3.8, 4) is 10.6 Å². The van der Waals surface area contributed by atoms with Gasteiger partial charge in [0.15, 0.2) is 0 Å². The standard InChI is InChI=1S/C16H22N4OS/c21-15-6-2-1-3-8-20(15)9-7-17-11-13-12-18-19-16(13)14-5-4-10-22-14/h4-5,10,12,17H,1-3,6-9,11H2,(H,18,19). The van der Waals surface area contributed by atoms with Crippen LogP contribution in [0.4, 0.5) is 0 Å². The minimum absolute atomic E-state index is 0.307. The predicted octanol–water partition coefficient (Wildman–Crippen LogP) is 2.63. The molecule has 0 radical (unpaired) electrons. The molecule has 0 bridgehead atoms. The summed E-state index contributed by atoms with van der Waals surface area (Å²) in [6.45, 7) is 3.30. The van der Waals surface area contributed by atoms with Crippen molar-refractivity contribution in [2.24, 2.45) is 0 Å². The van der Waals surface area contributed by atoms with Gasteiger partial charge in [0.2, 0.25) is 5.91 Å². The van der Waals surface area contributed by atoms with Gasteiger partial charge < -0.3 is 10.2 Å². The summed E-state index contributed by atoms with van der Waals surface area (Å²) in [7, 11) is 0. The molecule has 6 heteroatoms. The fraction of sp³-hybridized carbons (Fsp3) is 0.500. The maximum absolute atomic E-state index is 11.9. The summed E-state index contributed by atoms with van der Waals surface area (Å²) in [6, 6.07) is 4.14. The Kier molecular flexibility index (Phi) is 5.24. The van der Waals surface area contributed by atoms with E-state index in [9.17, 15) is 4.79 Å². The molecule has 2 aromatic rings. The van der Waals surface area contributed by atoms with Gasteiger partial charge in [-0.3, -0.25) is 9.89 Å². The van der Waals surface area contributed by atoms with E-state index in [4.69, 9.17) is 0 Å². The highest BCUT2D eigenvalue weighted by molar-refractivity contribution is 7.13. The lowest BCUT2D eigenvalue weighted by atomic mass is 10.2. The smallest absolute Gasteiger partial charge is 0.222 e. The second kappa shape index (κ2) is 7.56. The fourth-order valence-electron chi connectivity index (χ4n) is 2.79. The van der Waals surface area contributed by atoms with Crippen molar-refractivity contribution in [3.63, 3.8) is 0 Å². The van der Waals surface area contributed by atoms with E-state index in [0.717, 1.165) is 44.7 Å². The quantitative estimate of drug-likeness (QED) is 0.805. The summed E-state index contributed by atoms with van der Waals surface area (Å²) in [6.07, 6.45) is 5.94. The summed E-state index contributed by atoms with van der Waals surface area (Å²) in [5.41, 5.74) is 2.26. The molecule has 2 N–H and O–H groups in total. The van der Waals surface area contributed by atoms with Crippen LogP contribution in [0.5, 0.6) is 0 Å². The zero-order chi connectivity index (χ0) is 15.2. The number of hydrogen-bond acceptors (Lipinski definition) is 4. The number of carbonyl (C=O) groups excluding carboxylic acids is 1. The van der Waals surface area contributed by atoms with Crippen LogP contribution in [-0.2, 0) is 11.3 Å². The number of nitrogens with one attached hydrogen (secondary N) is 2. The number of aromatic amines is 1. The lowest BCUT2D eigenvalue weighted by molar-refractivity contribution is -0.130. The second-order valence-electron chi connectivity index (χ2n) is 5.62. The number of likely N-dealkylation sites (tertiary alicyclic amines) is 1. The number of H-pyrrole nitrogens is 1. The molecule has 3 rings (SSSR count). The van der Waals surface area contributed by atoms with E-state index < -0.39 is 0 Å². The Morgan fingerprint density at radius 1 is 1.36 bits per heavy atom. The van der Waals surface area contributed by atoms with Gasteiger partial charge >= 0.3 is 0 Å². The van der Waals surface area contributed by atoms with Crippen molar-refractivity contribution >= 4 is 17.2 Å². The van der Waals surface area contributed by atoms with Gasteiger partial charge in [-0.2, -0.15) is 5.10 Å². The molecule has 1 fully saturated rings. The van der Waals surface area contributed by atoms with E-state index in [-0.39, 0.29) is 0 Å². The minimum atomic E-state index is 0.307. The monoisotopic (exact) mass is 318 g/mol. The van der Waals surface area contributed by atoms with E-state index >= 15 is 0 Å². The van der Waals surface area contributed by atoms with Gasteiger partial charge in [0, 0.05) is 38.2 Å². The van der Waals surface area contributed by atoms with Crippen LogP contribution < -0.4 is 5.32 Å². The average molecular weight is 318 g/mol. The Hall–Kier alpha value is -1.66. The number of amides is 1. The zero-order valence-corrected chi connectivity index (χ0v) is 13.5. The maximum atomic E-state index is 11.9. The van der Waals surface area contributed by atoms with Crippen molar-refractivity contribution in [1.82, 2.24) is 20.4 Å². The Bertz CT molecular complexity index is 593. The number of nitrogens with zero attached hydrogens (tertiary/aromatic N) is 2. The molecule has 1 amide bonds. The molecule has 0 aliphatic carbocycles. The largest absolute Gasteiger partial charge is 0.341 e. The fourth-order valence-corrected chi connectivity index (χ4v) is 3.55. The number of carbonyl (C=O) groups is 1. The normalized spacial score (nSPS) is 16.0. The van der Waals surface area contributed by atoms with Crippen LogP contribution in [0.1, 0.15) is 31.2 Å². The second-order valence-corrected chi connectivity index (χ2v) is 6.56. The highest BCUT2D eigenvalue weighted by Gasteiger charge is 2.15. The van der Waals surface area contributed by atoms with Gasteiger partial charge in [0.05, 0.1) is 16.8 Å². The van der Waals surface area contributed by atoms with Gasteiger partial charge in [0.1, 0.15) is 0 Å². The van der Waals surface area contributed by atoms with Crippen LogP contribution >= 0.6 is 11.3 Å². The molecule has 118 valence electrons.